The molecule has 3 rings (SSSR count). The van der Waals surface area contributed by atoms with Crippen LogP contribution in [0.5, 0.6) is 0 Å². The topological polar surface area (TPSA) is 105 Å². The molecule has 3 aromatic rings. The molecule has 0 aliphatic rings. The normalized spacial score (nSPS) is 11.6. The predicted octanol–water partition coefficient (Wildman–Crippen LogP) is 3.98. The van der Waals surface area contributed by atoms with Crippen LogP contribution < -0.4 is 5.32 Å². The molecule has 0 radical (unpaired) electrons. The Balaban J connectivity index is 1.82. The van der Waals surface area contributed by atoms with Crippen LogP contribution in [-0.4, -0.2) is 41.9 Å². The number of halogens is 1. The van der Waals surface area contributed by atoms with E-state index in [9.17, 15) is 13.2 Å². The third-order valence-corrected chi connectivity index (χ3v) is 6.97. The second-order valence-electron chi connectivity index (χ2n) is 6.41. The van der Waals surface area contributed by atoms with E-state index in [1.807, 2.05) is 0 Å². The second kappa shape index (κ2) is 8.95. The van der Waals surface area contributed by atoms with Gasteiger partial charge in [0.25, 0.3) is 11.8 Å². The lowest BCUT2D eigenvalue weighted by Crippen LogP contribution is -2.30. The van der Waals surface area contributed by atoms with Gasteiger partial charge in [-0.1, -0.05) is 30.6 Å². The van der Waals surface area contributed by atoms with Crippen LogP contribution in [0.15, 0.2) is 51.9 Å². The average molecular weight is 449 g/mol. The first kappa shape index (κ1) is 21.9. The SMILES string of the molecule is CCN(CC)S(=O)(=O)c1cc(NC(=O)c2ccc(-c3nc(C)no3)cc2)ccc1Cl. The lowest BCUT2D eigenvalue weighted by molar-refractivity contribution is 0.102. The second-order valence-corrected chi connectivity index (χ2v) is 8.73. The van der Waals surface area contributed by atoms with E-state index in [1.54, 1.807) is 51.1 Å². The monoisotopic (exact) mass is 448 g/mol. The summed E-state index contributed by atoms with van der Waals surface area (Å²) in [4.78, 5) is 16.7. The van der Waals surface area contributed by atoms with Crippen LogP contribution in [0.3, 0.4) is 0 Å². The number of rotatable bonds is 7. The Morgan fingerprint density at radius 2 is 1.80 bits per heavy atom. The first-order valence-corrected chi connectivity index (χ1v) is 11.1. The van der Waals surface area contributed by atoms with Gasteiger partial charge >= 0.3 is 0 Å². The summed E-state index contributed by atoms with van der Waals surface area (Å²) < 4.78 is 32.0. The summed E-state index contributed by atoms with van der Waals surface area (Å²) in [7, 11) is -3.76. The Kier molecular flexibility index (Phi) is 6.55. The first-order valence-electron chi connectivity index (χ1n) is 9.28. The smallest absolute Gasteiger partial charge is 0.257 e. The Hall–Kier alpha value is -2.75. The van der Waals surface area contributed by atoms with Gasteiger partial charge in [-0.15, -0.1) is 0 Å². The lowest BCUT2D eigenvalue weighted by atomic mass is 10.1. The van der Waals surface area contributed by atoms with Crippen LogP contribution in [0.2, 0.25) is 5.02 Å². The maximum atomic E-state index is 12.8. The van der Waals surface area contributed by atoms with Crippen molar-refractivity contribution in [3.8, 4) is 11.5 Å². The molecule has 30 heavy (non-hydrogen) atoms. The number of carbonyl (C=O) groups excluding carboxylic acids is 1. The zero-order chi connectivity index (χ0) is 21.9. The van der Waals surface area contributed by atoms with E-state index in [0.29, 0.717) is 41.6 Å². The zero-order valence-electron chi connectivity index (χ0n) is 16.7. The molecule has 1 N–H and O–H groups in total. The fourth-order valence-corrected chi connectivity index (χ4v) is 4.82. The molecule has 1 aromatic heterocycles. The number of aryl methyl sites for hydroxylation is 1. The van der Waals surface area contributed by atoms with Gasteiger partial charge in [-0.05, 0) is 49.4 Å². The summed E-state index contributed by atoms with van der Waals surface area (Å²) in [5, 5.41) is 6.54. The number of aromatic nitrogens is 2. The average Bonchev–Trinajstić information content (AvgIpc) is 3.16. The highest BCUT2D eigenvalue weighted by molar-refractivity contribution is 7.89. The molecule has 0 spiro atoms. The molecule has 0 aliphatic carbocycles. The molecule has 0 saturated carbocycles. The molecule has 10 heteroatoms. The van der Waals surface area contributed by atoms with Gasteiger partial charge < -0.3 is 9.84 Å². The highest BCUT2D eigenvalue weighted by Gasteiger charge is 2.25. The van der Waals surface area contributed by atoms with Gasteiger partial charge in [-0.3, -0.25) is 4.79 Å². The number of anilines is 1. The maximum Gasteiger partial charge on any atom is 0.257 e. The molecule has 0 fully saturated rings. The van der Waals surface area contributed by atoms with E-state index in [0.717, 1.165) is 0 Å². The Morgan fingerprint density at radius 3 is 2.37 bits per heavy atom. The van der Waals surface area contributed by atoms with Gasteiger partial charge in [0.2, 0.25) is 10.0 Å². The van der Waals surface area contributed by atoms with E-state index in [4.69, 9.17) is 16.1 Å². The van der Waals surface area contributed by atoms with Crippen molar-refractivity contribution in [2.45, 2.75) is 25.7 Å². The van der Waals surface area contributed by atoms with Gasteiger partial charge in [0.15, 0.2) is 5.82 Å². The number of carbonyl (C=O) groups is 1. The van der Waals surface area contributed by atoms with Crippen molar-refractivity contribution in [2.24, 2.45) is 0 Å². The lowest BCUT2D eigenvalue weighted by Gasteiger charge is -2.19. The van der Waals surface area contributed by atoms with Crippen LogP contribution in [0, 0.1) is 6.92 Å². The van der Waals surface area contributed by atoms with Crippen molar-refractivity contribution in [1.29, 1.82) is 0 Å². The van der Waals surface area contributed by atoms with E-state index in [-0.39, 0.29) is 9.92 Å². The summed E-state index contributed by atoms with van der Waals surface area (Å²) in [5.41, 5.74) is 1.40. The largest absolute Gasteiger partial charge is 0.334 e. The van der Waals surface area contributed by atoms with Gasteiger partial charge in [-0.25, -0.2) is 8.42 Å². The molecule has 0 unspecified atom stereocenters. The highest BCUT2D eigenvalue weighted by Crippen LogP contribution is 2.28. The summed E-state index contributed by atoms with van der Waals surface area (Å²) in [6.45, 7) is 5.85. The van der Waals surface area contributed by atoms with Gasteiger partial charge in [0.1, 0.15) is 4.90 Å². The van der Waals surface area contributed by atoms with Crippen molar-refractivity contribution in [1.82, 2.24) is 14.4 Å². The van der Waals surface area contributed by atoms with Crippen molar-refractivity contribution in [3.05, 3.63) is 58.9 Å². The maximum absolute atomic E-state index is 12.8. The molecule has 8 nitrogen and oxygen atoms in total. The molecule has 0 atom stereocenters. The van der Waals surface area contributed by atoms with Crippen LogP contribution in [-0.2, 0) is 10.0 Å². The quantitative estimate of drug-likeness (QED) is 0.586. The van der Waals surface area contributed by atoms with Crippen molar-refractivity contribution in [3.63, 3.8) is 0 Å². The van der Waals surface area contributed by atoms with Crippen LogP contribution in [0.25, 0.3) is 11.5 Å². The number of hydrogen-bond acceptors (Lipinski definition) is 6. The summed E-state index contributed by atoms with van der Waals surface area (Å²) in [5.74, 6) is 0.491. The van der Waals surface area contributed by atoms with E-state index in [2.05, 4.69) is 15.5 Å². The molecular formula is C20H21ClN4O4S. The molecule has 1 heterocycles. The van der Waals surface area contributed by atoms with Gasteiger partial charge in [0, 0.05) is 29.9 Å². The molecule has 158 valence electrons. The number of nitrogens with one attached hydrogen (secondary N) is 1. The molecule has 0 bridgehead atoms. The molecular weight excluding hydrogens is 428 g/mol. The third kappa shape index (κ3) is 4.53. The minimum atomic E-state index is -3.76. The van der Waals surface area contributed by atoms with E-state index in [1.165, 1.54) is 16.4 Å². The third-order valence-electron chi connectivity index (χ3n) is 4.43. The fourth-order valence-electron chi connectivity index (χ4n) is 2.86. The van der Waals surface area contributed by atoms with Crippen molar-refractivity contribution >= 4 is 33.2 Å². The molecule has 1 amide bonds. The minimum absolute atomic E-state index is 0.0484. The van der Waals surface area contributed by atoms with Crippen molar-refractivity contribution in [2.75, 3.05) is 18.4 Å². The van der Waals surface area contributed by atoms with E-state index >= 15 is 0 Å². The fraction of sp³-hybridized carbons (Fsp3) is 0.250. The Labute approximate surface area is 179 Å². The highest BCUT2D eigenvalue weighted by atomic mass is 35.5. The number of nitrogens with zero attached hydrogens (tertiary/aromatic N) is 3. The standard InChI is InChI=1S/C20H21ClN4O4S/c1-4-25(5-2)30(27,28)18-12-16(10-11-17(18)21)23-19(26)14-6-8-15(9-7-14)20-22-13(3)24-29-20/h6-12H,4-5H2,1-3H3,(H,23,26). The van der Waals surface area contributed by atoms with Crippen LogP contribution >= 0.6 is 11.6 Å². The molecule has 0 saturated heterocycles. The van der Waals surface area contributed by atoms with Gasteiger partial charge in [-0.2, -0.15) is 9.29 Å². The number of benzene rings is 2. The minimum Gasteiger partial charge on any atom is -0.334 e. The van der Waals surface area contributed by atoms with Crippen molar-refractivity contribution < 1.29 is 17.7 Å². The zero-order valence-corrected chi connectivity index (χ0v) is 18.3. The van der Waals surface area contributed by atoms with Gasteiger partial charge in [0.05, 0.1) is 5.02 Å². The molecule has 2 aromatic carbocycles. The summed E-state index contributed by atoms with van der Waals surface area (Å²) >= 11 is 6.13. The summed E-state index contributed by atoms with van der Waals surface area (Å²) in [6, 6.07) is 11.0. The number of hydrogen-bond donors (Lipinski definition) is 1. The number of amides is 1. The predicted molar refractivity (Wildman–Crippen MR) is 114 cm³/mol. The van der Waals surface area contributed by atoms with Crippen LogP contribution in [0.4, 0.5) is 5.69 Å². The van der Waals surface area contributed by atoms with Crippen LogP contribution in [0.1, 0.15) is 30.0 Å². The van der Waals surface area contributed by atoms with E-state index < -0.39 is 15.9 Å². The number of sulfonamides is 1. The Bertz CT molecular complexity index is 1160. The Morgan fingerprint density at radius 1 is 1.13 bits per heavy atom. The first-order chi connectivity index (χ1) is 14.3. The summed E-state index contributed by atoms with van der Waals surface area (Å²) in [6.07, 6.45) is 0. The molecule has 0 aliphatic heterocycles.